The topological polar surface area (TPSA) is 15.7 Å². The van der Waals surface area contributed by atoms with E-state index in [1.807, 2.05) is 6.07 Å². The maximum atomic E-state index is 6.09. The summed E-state index contributed by atoms with van der Waals surface area (Å²) >= 11 is 6.09. The summed E-state index contributed by atoms with van der Waals surface area (Å²) in [7, 11) is 0. The Morgan fingerprint density at radius 2 is 1.84 bits per heavy atom. The summed E-state index contributed by atoms with van der Waals surface area (Å²) in [5.74, 6) is 2.58. The van der Waals surface area contributed by atoms with Crippen molar-refractivity contribution < 1.29 is 4.74 Å². The van der Waals surface area contributed by atoms with E-state index < -0.39 is 0 Å². The van der Waals surface area contributed by atoms with Crippen molar-refractivity contribution in [2.24, 2.45) is 17.8 Å². The monoisotopic (exact) mass is 362 g/mol. The van der Waals surface area contributed by atoms with Crippen LogP contribution < -0.4 is 0 Å². The molecule has 0 aromatic heterocycles. The number of piperidine rings is 2. The molecule has 25 heavy (non-hydrogen) atoms. The van der Waals surface area contributed by atoms with Crippen molar-refractivity contribution in [2.75, 3.05) is 45.9 Å². The summed E-state index contributed by atoms with van der Waals surface area (Å²) < 4.78 is 5.99. The van der Waals surface area contributed by atoms with Gasteiger partial charge in [-0.05, 0) is 67.8 Å². The second kappa shape index (κ2) is 8.39. The van der Waals surface area contributed by atoms with Gasteiger partial charge in [-0.25, -0.2) is 0 Å². The molecule has 1 aromatic rings. The molecule has 0 amide bonds. The third-order valence-corrected chi connectivity index (χ3v) is 6.50. The molecular weight excluding hydrogens is 332 g/mol. The van der Waals surface area contributed by atoms with Gasteiger partial charge < -0.3 is 9.64 Å². The Balaban J connectivity index is 1.08. The molecule has 0 N–H and O–H groups in total. The molecule has 1 aromatic carbocycles. The Bertz CT molecular complexity index is 549. The van der Waals surface area contributed by atoms with Crippen molar-refractivity contribution in [2.45, 2.75) is 32.2 Å². The fourth-order valence-corrected chi connectivity index (χ4v) is 5.01. The van der Waals surface area contributed by atoms with Crippen LogP contribution in [0.15, 0.2) is 24.3 Å². The van der Waals surface area contributed by atoms with Gasteiger partial charge in [0.05, 0.1) is 6.61 Å². The number of ether oxygens (including phenoxy) is 1. The van der Waals surface area contributed by atoms with Crippen molar-refractivity contribution in [3.63, 3.8) is 0 Å². The van der Waals surface area contributed by atoms with Crippen LogP contribution in [0.4, 0.5) is 0 Å². The number of benzene rings is 1. The molecule has 2 aliphatic heterocycles. The minimum absolute atomic E-state index is 0.825. The lowest BCUT2D eigenvalue weighted by Gasteiger charge is -2.26. The normalized spacial score (nSPS) is 29.7. The van der Waals surface area contributed by atoms with Crippen molar-refractivity contribution in [3.05, 3.63) is 34.9 Å². The summed E-state index contributed by atoms with van der Waals surface area (Å²) in [6.07, 6.45) is 5.39. The zero-order chi connectivity index (χ0) is 17.1. The van der Waals surface area contributed by atoms with Crippen LogP contribution >= 0.6 is 11.6 Å². The molecule has 3 aliphatic rings. The molecule has 2 saturated heterocycles. The maximum Gasteiger partial charge on any atom is 0.0500 e. The Hall–Kier alpha value is -0.610. The minimum atomic E-state index is 0.825. The molecular formula is C21H31ClN2O. The van der Waals surface area contributed by atoms with E-state index in [4.69, 9.17) is 16.3 Å². The second-order valence-corrected chi connectivity index (χ2v) is 8.58. The number of likely N-dealkylation sites (tertiary alicyclic amines) is 2. The summed E-state index contributed by atoms with van der Waals surface area (Å²) in [4.78, 5) is 5.18. The summed E-state index contributed by atoms with van der Waals surface area (Å²) in [6.45, 7) is 9.27. The molecule has 1 unspecified atom stereocenters. The second-order valence-electron chi connectivity index (χ2n) is 8.15. The highest BCUT2D eigenvalue weighted by atomic mass is 35.5. The van der Waals surface area contributed by atoms with Gasteiger partial charge in [0, 0.05) is 37.8 Å². The first-order valence-electron chi connectivity index (χ1n) is 10.1. The van der Waals surface area contributed by atoms with Gasteiger partial charge in [0.25, 0.3) is 0 Å². The highest BCUT2D eigenvalue weighted by Gasteiger charge is 2.55. The predicted molar refractivity (Wildman–Crippen MR) is 103 cm³/mol. The lowest BCUT2D eigenvalue weighted by Crippen LogP contribution is -2.31. The van der Waals surface area contributed by atoms with Crippen LogP contribution in [0.1, 0.15) is 31.2 Å². The molecule has 0 radical (unpaired) electrons. The lowest BCUT2D eigenvalue weighted by molar-refractivity contribution is 0.0967. The van der Waals surface area contributed by atoms with Gasteiger partial charge in [-0.2, -0.15) is 0 Å². The maximum absolute atomic E-state index is 6.09. The van der Waals surface area contributed by atoms with E-state index in [0.29, 0.717) is 0 Å². The van der Waals surface area contributed by atoms with Crippen LogP contribution in [0.3, 0.4) is 0 Å². The molecule has 1 saturated carbocycles. The number of fused-ring (bicyclic) bond motifs is 1. The molecule has 2 heterocycles. The average molecular weight is 363 g/mol. The molecule has 0 spiro atoms. The van der Waals surface area contributed by atoms with Crippen LogP contribution in [0, 0.1) is 17.8 Å². The predicted octanol–water partition coefficient (Wildman–Crippen LogP) is 3.91. The standard InChI is InChI=1S/C21H31ClN2O/c22-18-7-4-6-17(12-18)13-24-14-19-20(15-24)21(19)16-25-11-5-10-23-8-2-1-3-9-23/h4,6-7,12,19-21H,1-3,5,8-11,13-16H2/t19-,20+,21?. The van der Waals surface area contributed by atoms with E-state index in [9.17, 15) is 0 Å². The smallest absolute Gasteiger partial charge is 0.0500 e. The highest BCUT2D eigenvalue weighted by molar-refractivity contribution is 6.30. The van der Waals surface area contributed by atoms with Crippen molar-refractivity contribution >= 4 is 11.6 Å². The molecule has 138 valence electrons. The van der Waals surface area contributed by atoms with Crippen LogP contribution in [0.2, 0.25) is 5.02 Å². The van der Waals surface area contributed by atoms with Gasteiger partial charge in [-0.1, -0.05) is 30.2 Å². The van der Waals surface area contributed by atoms with Crippen LogP contribution in [0.25, 0.3) is 0 Å². The average Bonchev–Trinajstić information content (AvgIpc) is 3.07. The quantitative estimate of drug-likeness (QED) is 0.652. The fraction of sp³-hybridized carbons (Fsp3) is 0.714. The van der Waals surface area contributed by atoms with Gasteiger partial charge >= 0.3 is 0 Å². The Morgan fingerprint density at radius 1 is 1.04 bits per heavy atom. The molecule has 1 aliphatic carbocycles. The Kier molecular flexibility index (Phi) is 5.97. The first-order chi connectivity index (χ1) is 12.3. The lowest BCUT2D eigenvalue weighted by atomic mass is 10.1. The SMILES string of the molecule is Clc1cccc(CN2C[C@@H]3C(COCCCN4CCCCC4)[C@@H]3C2)c1. The van der Waals surface area contributed by atoms with Crippen LogP contribution in [-0.2, 0) is 11.3 Å². The Labute approximate surface area is 157 Å². The number of rotatable bonds is 8. The largest absolute Gasteiger partial charge is 0.381 e. The number of halogens is 1. The van der Waals surface area contributed by atoms with Gasteiger partial charge in [0.2, 0.25) is 0 Å². The van der Waals surface area contributed by atoms with E-state index in [2.05, 4.69) is 28.0 Å². The van der Waals surface area contributed by atoms with Gasteiger partial charge in [0.1, 0.15) is 0 Å². The number of hydrogen-bond acceptors (Lipinski definition) is 3. The number of hydrogen-bond donors (Lipinski definition) is 0. The van der Waals surface area contributed by atoms with E-state index in [-0.39, 0.29) is 0 Å². The fourth-order valence-electron chi connectivity index (χ4n) is 4.80. The summed E-state index contributed by atoms with van der Waals surface area (Å²) in [6, 6.07) is 8.27. The van der Waals surface area contributed by atoms with Crippen LogP contribution in [-0.4, -0.2) is 55.7 Å². The molecule has 4 rings (SSSR count). The molecule has 3 fully saturated rings. The third kappa shape index (κ3) is 4.77. The van der Waals surface area contributed by atoms with Crippen molar-refractivity contribution in [1.29, 1.82) is 0 Å². The molecule has 3 nitrogen and oxygen atoms in total. The van der Waals surface area contributed by atoms with E-state index in [1.54, 1.807) is 0 Å². The van der Waals surface area contributed by atoms with Gasteiger partial charge in [0.15, 0.2) is 0 Å². The molecule has 3 atom stereocenters. The van der Waals surface area contributed by atoms with E-state index in [0.717, 1.165) is 42.5 Å². The summed E-state index contributed by atoms with van der Waals surface area (Å²) in [5.41, 5.74) is 1.33. The zero-order valence-corrected chi connectivity index (χ0v) is 16.0. The van der Waals surface area contributed by atoms with Gasteiger partial charge in [-0.15, -0.1) is 0 Å². The minimum Gasteiger partial charge on any atom is -0.381 e. The Morgan fingerprint density at radius 3 is 2.60 bits per heavy atom. The van der Waals surface area contributed by atoms with E-state index in [1.165, 1.54) is 64.0 Å². The molecule has 0 bridgehead atoms. The third-order valence-electron chi connectivity index (χ3n) is 6.26. The first-order valence-corrected chi connectivity index (χ1v) is 10.4. The van der Waals surface area contributed by atoms with Crippen molar-refractivity contribution in [3.8, 4) is 0 Å². The zero-order valence-electron chi connectivity index (χ0n) is 15.2. The van der Waals surface area contributed by atoms with E-state index >= 15 is 0 Å². The van der Waals surface area contributed by atoms with Crippen molar-refractivity contribution in [1.82, 2.24) is 9.80 Å². The first kappa shape index (κ1) is 17.8. The van der Waals surface area contributed by atoms with Crippen LogP contribution in [0.5, 0.6) is 0 Å². The molecule has 4 heteroatoms. The number of nitrogens with zero attached hydrogens (tertiary/aromatic N) is 2. The summed E-state index contributed by atoms with van der Waals surface area (Å²) in [5, 5.41) is 0.845. The van der Waals surface area contributed by atoms with Gasteiger partial charge in [-0.3, -0.25) is 4.90 Å². The highest BCUT2D eigenvalue weighted by Crippen LogP contribution is 2.52.